The van der Waals surface area contributed by atoms with Crippen LogP contribution in [0.3, 0.4) is 0 Å². The minimum atomic E-state index is -1.21. The molecule has 0 aliphatic heterocycles. The zero-order valence-electron chi connectivity index (χ0n) is 15.0. The normalized spacial score (nSPS) is 11.7. The van der Waals surface area contributed by atoms with Crippen molar-refractivity contribution in [3.8, 4) is 0 Å². The van der Waals surface area contributed by atoms with Gasteiger partial charge in [0.25, 0.3) is 0 Å². The number of hydrogen-bond donors (Lipinski definition) is 1. The van der Waals surface area contributed by atoms with E-state index in [1.165, 1.54) is 12.4 Å². The minimum absolute atomic E-state index is 0.0128. The lowest BCUT2D eigenvalue weighted by molar-refractivity contribution is 0.0697. The van der Waals surface area contributed by atoms with E-state index in [1.807, 2.05) is 26.0 Å². The number of aliphatic imine (C=N–C) groups is 1. The van der Waals surface area contributed by atoms with Gasteiger partial charge in [0.05, 0.1) is 17.1 Å². The average Bonchev–Trinajstić information content (AvgIpc) is 2.58. The monoisotopic (exact) mass is 353 g/mol. The highest BCUT2D eigenvalue weighted by molar-refractivity contribution is 5.98. The van der Waals surface area contributed by atoms with Crippen molar-refractivity contribution < 1.29 is 14.3 Å². The van der Waals surface area contributed by atoms with Crippen LogP contribution < -0.4 is 5.43 Å². The number of hydrogen-bond acceptors (Lipinski definition) is 5. The van der Waals surface area contributed by atoms with Crippen LogP contribution in [0.5, 0.6) is 0 Å². The second-order valence-corrected chi connectivity index (χ2v) is 6.57. The molecule has 0 aliphatic rings. The summed E-state index contributed by atoms with van der Waals surface area (Å²) in [6, 6.07) is 6.66. The van der Waals surface area contributed by atoms with Crippen molar-refractivity contribution in [2.45, 2.75) is 19.8 Å². The molecule has 1 N–H and O–H groups in total. The van der Waals surface area contributed by atoms with E-state index in [0.717, 1.165) is 5.56 Å². The third-order valence-corrected chi connectivity index (χ3v) is 3.98. The first-order valence-corrected chi connectivity index (χ1v) is 8.13. The molecule has 1 aromatic carbocycles. The van der Waals surface area contributed by atoms with Crippen LogP contribution in [-0.2, 0) is 0 Å². The lowest BCUT2D eigenvalue weighted by atomic mass is 10.0. The minimum Gasteiger partial charge on any atom is -0.478 e. The van der Waals surface area contributed by atoms with Crippen LogP contribution in [-0.4, -0.2) is 41.4 Å². The average molecular weight is 353 g/mol. The molecule has 0 unspecified atom stereocenters. The standard InChI is InChI=1S/C19H19N3O4/c1-10(2)11-5-6-12-15(7-11)26-18-13(16(12)23)8-14(19(24)25)17(21-18)20-9-22(3)4/h5-10H,1-4H3,(H,24,25)/b20-9+. The molecule has 0 fully saturated rings. The number of aromatic carboxylic acids is 1. The van der Waals surface area contributed by atoms with Crippen LogP contribution in [0, 0.1) is 0 Å². The molecule has 0 atom stereocenters. The molecule has 0 radical (unpaired) electrons. The summed E-state index contributed by atoms with van der Waals surface area (Å²) < 4.78 is 5.81. The molecule has 3 aromatic rings. The summed E-state index contributed by atoms with van der Waals surface area (Å²) in [7, 11) is 3.51. The van der Waals surface area contributed by atoms with E-state index in [-0.39, 0.29) is 33.8 Å². The van der Waals surface area contributed by atoms with Crippen molar-refractivity contribution in [3.63, 3.8) is 0 Å². The van der Waals surface area contributed by atoms with Gasteiger partial charge in [0.1, 0.15) is 11.1 Å². The highest BCUT2D eigenvalue weighted by Gasteiger charge is 2.17. The van der Waals surface area contributed by atoms with Gasteiger partial charge >= 0.3 is 5.97 Å². The number of benzene rings is 1. The maximum absolute atomic E-state index is 12.8. The topological polar surface area (TPSA) is 96.0 Å². The molecule has 2 aromatic heterocycles. The van der Waals surface area contributed by atoms with Gasteiger partial charge in [-0.1, -0.05) is 19.9 Å². The highest BCUT2D eigenvalue weighted by atomic mass is 16.4. The number of aromatic nitrogens is 1. The lowest BCUT2D eigenvalue weighted by Gasteiger charge is -2.08. The molecule has 0 amide bonds. The van der Waals surface area contributed by atoms with E-state index in [4.69, 9.17) is 4.42 Å². The Kier molecular flexibility index (Phi) is 4.46. The van der Waals surface area contributed by atoms with Crippen LogP contribution in [0.2, 0.25) is 0 Å². The summed E-state index contributed by atoms with van der Waals surface area (Å²) >= 11 is 0. The van der Waals surface area contributed by atoms with Crippen LogP contribution in [0.1, 0.15) is 35.7 Å². The summed E-state index contributed by atoms with van der Waals surface area (Å²) in [6.45, 7) is 4.09. The van der Waals surface area contributed by atoms with Crippen molar-refractivity contribution in [1.82, 2.24) is 9.88 Å². The Hall–Kier alpha value is -3.22. The summed E-state index contributed by atoms with van der Waals surface area (Å²) in [5.74, 6) is -0.941. The molecule has 3 rings (SSSR count). The predicted molar refractivity (Wildman–Crippen MR) is 101 cm³/mol. The van der Waals surface area contributed by atoms with Crippen LogP contribution >= 0.6 is 0 Å². The first-order valence-electron chi connectivity index (χ1n) is 8.13. The van der Waals surface area contributed by atoms with Crippen LogP contribution in [0.25, 0.3) is 22.1 Å². The highest BCUT2D eigenvalue weighted by Crippen LogP contribution is 2.26. The zero-order chi connectivity index (χ0) is 19.0. The Labute approximate surface area is 149 Å². The molecule has 0 saturated carbocycles. The third kappa shape index (κ3) is 3.15. The number of nitrogens with zero attached hydrogens (tertiary/aromatic N) is 3. The number of carboxylic acid groups (broad SMARTS) is 1. The largest absolute Gasteiger partial charge is 0.478 e. The second kappa shape index (κ2) is 6.59. The molecular formula is C19H19N3O4. The smallest absolute Gasteiger partial charge is 0.339 e. The summed E-state index contributed by atoms with van der Waals surface area (Å²) in [4.78, 5) is 34.2. The SMILES string of the molecule is CC(C)c1ccc2c(=O)c3cc(C(=O)O)c(/N=C/N(C)C)nc3oc2c1. The molecule has 26 heavy (non-hydrogen) atoms. The molecule has 134 valence electrons. The van der Waals surface area contributed by atoms with Gasteiger partial charge in [-0.3, -0.25) is 4.79 Å². The van der Waals surface area contributed by atoms with E-state index >= 15 is 0 Å². The van der Waals surface area contributed by atoms with Crippen molar-refractivity contribution in [1.29, 1.82) is 0 Å². The Morgan fingerprint density at radius 3 is 2.62 bits per heavy atom. The Morgan fingerprint density at radius 1 is 1.27 bits per heavy atom. The number of rotatable bonds is 4. The second-order valence-electron chi connectivity index (χ2n) is 6.57. The Balaban J connectivity index is 2.34. The van der Waals surface area contributed by atoms with E-state index in [1.54, 1.807) is 25.1 Å². The maximum Gasteiger partial charge on any atom is 0.339 e. The summed E-state index contributed by atoms with van der Waals surface area (Å²) in [5, 5.41) is 9.95. The molecule has 0 aliphatic carbocycles. The van der Waals surface area contributed by atoms with Gasteiger partial charge in [-0.05, 0) is 29.7 Å². The van der Waals surface area contributed by atoms with Crippen molar-refractivity contribution in [3.05, 3.63) is 45.6 Å². The van der Waals surface area contributed by atoms with Crippen molar-refractivity contribution >= 4 is 40.2 Å². The van der Waals surface area contributed by atoms with E-state index in [0.29, 0.717) is 11.0 Å². The number of carbonyl (C=O) groups is 1. The Morgan fingerprint density at radius 2 is 2.00 bits per heavy atom. The van der Waals surface area contributed by atoms with Crippen molar-refractivity contribution in [2.24, 2.45) is 4.99 Å². The summed E-state index contributed by atoms with van der Waals surface area (Å²) in [6.07, 6.45) is 1.44. The summed E-state index contributed by atoms with van der Waals surface area (Å²) in [5.41, 5.74) is 1.06. The fraction of sp³-hybridized carbons (Fsp3) is 0.263. The molecule has 2 heterocycles. The molecule has 0 saturated heterocycles. The third-order valence-electron chi connectivity index (χ3n) is 3.98. The van der Waals surface area contributed by atoms with Crippen LogP contribution in [0.15, 0.2) is 38.5 Å². The number of carboxylic acids is 1. The Bertz CT molecular complexity index is 1100. The van der Waals surface area contributed by atoms with Gasteiger partial charge in [-0.2, -0.15) is 4.98 Å². The van der Waals surface area contributed by atoms with E-state index in [9.17, 15) is 14.7 Å². The molecule has 7 heteroatoms. The van der Waals surface area contributed by atoms with Gasteiger partial charge in [0.15, 0.2) is 5.82 Å². The van der Waals surface area contributed by atoms with Gasteiger partial charge < -0.3 is 14.4 Å². The van der Waals surface area contributed by atoms with E-state index < -0.39 is 5.97 Å². The first-order chi connectivity index (χ1) is 12.3. The molecule has 0 bridgehead atoms. The predicted octanol–water partition coefficient (Wildman–Crippen LogP) is 3.38. The fourth-order valence-corrected chi connectivity index (χ4v) is 2.57. The van der Waals surface area contributed by atoms with Crippen LogP contribution in [0.4, 0.5) is 5.82 Å². The zero-order valence-corrected chi connectivity index (χ0v) is 15.0. The molecular weight excluding hydrogens is 334 g/mol. The van der Waals surface area contributed by atoms with Gasteiger partial charge in [-0.25, -0.2) is 9.79 Å². The van der Waals surface area contributed by atoms with Gasteiger partial charge in [0.2, 0.25) is 11.1 Å². The van der Waals surface area contributed by atoms with E-state index in [2.05, 4.69) is 9.98 Å². The maximum atomic E-state index is 12.8. The van der Waals surface area contributed by atoms with Crippen molar-refractivity contribution in [2.75, 3.05) is 14.1 Å². The number of pyridine rings is 1. The molecule has 0 spiro atoms. The van der Waals surface area contributed by atoms with Gasteiger partial charge in [0, 0.05) is 14.1 Å². The van der Waals surface area contributed by atoms with Gasteiger partial charge in [-0.15, -0.1) is 0 Å². The quantitative estimate of drug-likeness (QED) is 0.439. The lowest BCUT2D eigenvalue weighted by Crippen LogP contribution is -2.09. The first kappa shape index (κ1) is 17.6. The molecule has 7 nitrogen and oxygen atoms in total. The fourth-order valence-electron chi connectivity index (χ4n) is 2.57. The number of fused-ring (bicyclic) bond motifs is 2.